The van der Waals surface area contributed by atoms with Gasteiger partial charge < -0.3 is 20.1 Å². The number of rotatable bonds is 5. The molecule has 0 radical (unpaired) electrons. The molecule has 0 amide bonds. The summed E-state index contributed by atoms with van der Waals surface area (Å²) in [5.41, 5.74) is 1.12. The number of nitrogens with one attached hydrogen (secondary N) is 2. The minimum atomic E-state index is 0.114. The molecule has 0 bridgehead atoms. The molecule has 1 unspecified atom stereocenters. The van der Waals surface area contributed by atoms with Gasteiger partial charge in [0, 0.05) is 6.04 Å². The van der Waals surface area contributed by atoms with Crippen LogP contribution in [0.5, 0.6) is 11.5 Å². The molecule has 22 heavy (non-hydrogen) atoms. The van der Waals surface area contributed by atoms with Gasteiger partial charge in [0.2, 0.25) is 0 Å². The van der Waals surface area contributed by atoms with E-state index >= 15 is 0 Å². The molecule has 0 spiro atoms. The lowest BCUT2D eigenvalue weighted by molar-refractivity contribution is 0.354. The first-order chi connectivity index (χ1) is 10.6. The van der Waals surface area contributed by atoms with E-state index in [0.717, 1.165) is 22.2 Å². The summed E-state index contributed by atoms with van der Waals surface area (Å²) >= 11 is 5.44. The smallest absolute Gasteiger partial charge is 0.166 e. The molecule has 1 atom stereocenters. The Morgan fingerprint density at radius 2 is 1.82 bits per heavy atom. The Labute approximate surface area is 138 Å². The number of hydrogen-bond donors (Lipinski definition) is 2. The highest BCUT2D eigenvalue weighted by Gasteiger charge is 2.16. The molecule has 1 aliphatic carbocycles. The summed E-state index contributed by atoms with van der Waals surface area (Å²) in [6.07, 6.45) is 6.37. The Bertz CT molecular complexity index is 501. The van der Waals surface area contributed by atoms with Crippen molar-refractivity contribution in [2.45, 2.75) is 51.1 Å². The SMILES string of the molecule is COc1ccc(C(C)NC(=S)NC2CCCCC2)cc1OC. The average molecular weight is 322 g/mol. The molecule has 4 nitrogen and oxygen atoms in total. The molecule has 0 saturated heterocycles. The van der Waals surface area contributed by atoms with Crippen molar-refractivity contribution >= 4 is 17.3 Å². The normalized spacial score (nSPS) is 16.7. The summed E-state index contributed by atoms with van der Waals surface area (Å²) in [4.78, 5) is 0. The Balaban J connectivity index is 1.93. The number of methoxy groups -OCH3 is 2. The van der Waals surface area contributed by atoms with Crippen LogP contribution in [-0.2, 0) is 0 Å². The standard InChI is InChI=1S/C17H26N2O2S/c1-12(13-9-10-15(20-2)16(11-13)21-3)18-17(22)19-14-7-5-4-6-8-14/h9-12,14H,4-8H2,1-3H3,(H2,18,19,22). The van der Waals surface area contributed by atoms with Crippen LogP contribution in [0.4, 0.5) is 0 Å². The summed E-state index contributed by atoms with van der Waals surface area (Å²) < 4.78 is 10.6. The van der Waals surface area contributed by atoms with E-state index in [1.165, 1.54) is 32.1 Å². The third kappa shape index (κ3) is 4.50. The molecule has 1 fully saturated rings. The molecular formula is C17H26N2O2S. The van der Waals surface area contributed by atoms with Crippen LogP contribution in [0, 0.1) is 0 Å². The lowest BCUT2D eigenvalue weighted by Gasteiger charge is -2.26. The fraction of sp³-hybridized carbons (Fsp3) is 0.588. The van der Waals surface area contributed by atoms with E-state index in [0.29, 0.717) is 6.04 Å². The molecule has 0 heterocycles. The molecule has 5 heteroatoms. The molecule has 0 aliphatic heterocycles. The minimum Gasteiger partial charge on any atom is -0.493 e. The molecule has 1 aromatic carbocycles. The van der Waals surface area contributed by atoms with Gasteiger partial charge >= 0.3 is 0 Å². The van der Waals surface area contributed by atoms with Gasteiger partial charge in [0.15, 0.2) is 16.6 Å². The van der Waals surface area contributed by atoms with Gasteiger partial charge in [-0.25, -0.2) is 0 Å². The predicted molar refractivity (Wildman–Crippen MR) is 93.7 cm³/mol. The van der Waals surface area contributed by atoms with Crippen molar-refractivity contribution in [2.24, 2.45) is 0 Å². The van der Waals surface area contributed by atoms with Gasteiger partial charge in [-0.1, -0.05) is 25.3 Å². The van der Waals surface area contributed by atoms with Crippen LogP contribution in [-0.4, -0.2) is 25.4 Å². The van der Waals surface area contributed by atoms with Crippen LogP contribution in [0.1, 0.15) is 50.6 Å². The molecule has 1 aliphatic rings. The second-order valence-corrected chi connectivity index (χ2v) is 6.20. The van der Waals surface area contributed by atoms with E-state index in [4.69, 9.17) is 21.7 Å². The van der Waals surface area contributed by atoms with Gasteiger partial charge in [-0.2, -0.15) is 0 Å². The van der Waals surface area contributed by atoms with Crippen molar-refractivity contribution in [3.05, 3.63) is 23.8 Å². The Kier molecular flexibility index (Phi) is 6.31. The highest BCUT2D eigenvalue weighted by Crippen LogP contribution is 2.29. The van der Waals surface area contributed by atoms with E-state index in [1.807, 2.05) is 18.2 Å². The number of benzene rings is 1. The van der Waals surface area contributed by atoms with E-state index < -0.39 is 0 Å². The number of hydrogen-bond acceptors (Lipinski definition) is 3. The van der Waals surface area contributed by atoms with Crippen LogP contribution < -0.4 is 20.1 Å². The zero-order chi connectivity index (χ0) is 15.9. The molecule has 2 N–H and O–H groups in total. The zero-order valence-electron chi connectivity index (χ0n) is 13.6. The van der Waals surface area contributed by atoms with Gasteiger partial charge in [-0.3, -0.25) is 0 Å². The molecule has 1 aromatic rings. The first-order valence-corrected chi connectivity index (χ1v) is 8.34. The quantitative estimate of drug-likeness (QED) is 0.811. The monoisotopic (exact) mass is 322 g/mol. The summed E-state index contributed by atoms with van der Waals surface area (Å²) in [5, 5.41) is 7.52. The highest BCUT2D eigenvalue weighted by molar-refractivity contribution is 7.80. The van der Waals surface area contributed by atoms with Crippen LogP contribution in [0.3, 0.4) is 0 Å². The predicted octanol–water partition coefficient (Wildman–Crippen LogP) is 3.56. The van der Waals surface area contributed by atoms with Gasteiger partial charge in [0.25, 0.3) is 0 Å². The minimum absolute atomic E-state index is 0.114. The van der Waals surface area contributed by atoms with Crippen molar-refractivity contribution in [1.82, 2.24) is 10.6 Å². The van der Waals surface area contributed by atoms with Crippen molar-refractivity contribution in [2.75, 3.05) is 14.2 Å². The van der Waals surface area contributed by atoms with Crippen LogP contribution >= 0.6 is 12.2 Å². The second kappa shape index (κ2) is 8.22. The molecule has 2 rings (SSSR count). The summed E-state index contributed by atoms with van der Waals surface area (Å²) in [6.45, 7) is 2.09. The Morgan fingerprint density at radius 3 is 2.45 bits per heavy atom. The lowest BCUT2D eigenvalue weighted by atomic mass is 9.96. The third-order valence-corrected chi connectivity index (χ3v) is 4.43. The van der Waals surface area contributed by atoms with E-state index in [1.54, 1.807) is 14.2 Å². The summed E-state index contributed by atoms with van der Waals surface area (Å²) in [5.74, 6) is 1.47. The Morgan fingerprint density at radius 1 is 1.14 bits per heavy atom. The van der Waals surface area contributed by atoms with E-state index in [-0.39, 0.29) is 6.04 Å². The fourth-order valence-electron chi connectivity index (χ4n) is 2.88. The maximum absolute atomic E-state index is 5.44. The van der Waals surface area contributed by atoms with E-state index in [9.17, 15) is 0 Å². The summed E-state index contributed by atoms with van der Waals surface area (Å²) in [6, 6.07) is 6.57. The van der Waals surface area contributed by atoms with E-state index in [2.05, 4.69) is 17.6 Å². The maximum Gasteiger partial charge on any atom is 0.166 e. The first kappa shape index (κ1) is 16.9. The van der Waals surface area contributed by atoms with Crippen LogP contribution in [0.15, 0.2) is 18.2 Å². The van der Waals surface area contributed by atoms with Crippen molar-refractivity contribution in [3.63, 3.8) is 0 Å². The zero-order valence-corrected chi connectivity index (χ0v) is 14.5. The van der Waals surface area contributed by atoms with Gasteiger partial charge in [-0.05, 0) is 49.7 Å². The van der Waals surface area contributed by atoms with Crippen molar-refractivity contribution in [1.29, 1.82) is 0 Å². The number of ether oxygens (including phenoxy) is 2. The Hall–Kier alpha value is -1.49. The van der Waals surface area contributed by atoms with Crippen molar-refractivity contribution < 1.29 is 9.47 Å². The van der Waals surface area contributed by atoms with Gasteiger partial charge in [0.1, 0.15) is 0 Å². The highest BCUT2D eigenvalue weighted by atomic mass is 32.1. The third-order valence-electron chi connectivity index (χ3n) is 4.20. The largest absolute Gasteiger partial charge is 0.493 e. The second-order valence-electron chi connectivity index (χ2n) is 5.79. The lowest BCUT2D eigenvalue weighted by Crippen LogP contribution is -2.43. The van der Waals surface area contributed by atoms with Crippen molar-refractivity contribution in [3.8, 4) is 11.5 Å². The van der Waals surface area contributed by atoms with Gasteiger partial charge in [-0.15, -0.1) is 0 Å². The summed E-state index contributed by atoms with van der Waals surface area (Å²) in [7, 11) is 3.29. The topological polar surface area (TPSA) is 42.5 Å². The fourth-order valence-corrected chi connectivity index (χ4v) is 3.22. The van der Waals surface area contributed by atoms with Gasteiger partial charge in [0.05, 0.1) is 20.3 Å². The molecular weight excluding hydrogens is 296 g/mol. The first-order valence-electron chi connectivity index (χ1n) is 7.93. The molecule has 0 aromatic heterocycles. The van der Waals surface area contributed by atoms with Crippen LogP contribution in [0.25, 0.3) is 0 Å². The average Bonchev–Trinajstić information content (AvgIpc) is 2.54. The number of thiocarbonyl (C=S) groups is 1. The van der Waals surface area contributed by atoms with Crippen LogP contribution in [0.2, 0.25) is 0 Å². The molecule has 1 saturated carbocycles. The molecule has 122 valence electrons. The maximum atomic E-state index is 5.44.